The summed E-state index contributed by atoms with van der Waals surface area (Å²) in [5, 5.41) is 0. The second kappa shape index (κ2) is 8.27. The maximum Gasteiger partial charge on any atom is 0.126 e. The van der Waals surface area contributed by atoms with Crippen LogP contribution < -0.4 is 10.5 Å². The number of benzene rings is 2. The number of likely N-dealkylation sites (tertiary alicyclic amines) is 1. The van der Waals surface area contributed by atoms with Crippen molar-refractivity contribution in [3.05, 3.63) is 65.5 Å². The van der Waals surface area contributed by atoms with Crippen molar-refractivity contribution in [3.8, 4) is 5.75 Å². The molecule has 1 fully saturated rings. The molecule has 4 heteroatoms. The van der Waals surface area contributed by atoms with Crippen LogP contribution in [-0.2, 0) is 13.0 Å². The number of rotatable bonds is 6. The van der Waals surface area contributed by atoms with Crippen LogP contribution >= 0.6 is 0 Å². The van der Waals surface area contributed by atoms with Gasteiger partial charge in [-0.15, -0.1) is 0 Å². The summed E-state index contributed by atoms with van der Waals surface area (Å²) >= 11 is 0. The third kappa shape index (κ3) is 4.79. The Labute approximate surface area is 143 Å². The zero-order valence-electron chi connectivity index (χ0n) is 14.0. The Morgan fingerprint density at radius 2 is 1.79 bits per heavy atom. The summed E-state index contributed by atoms with van der Waals surface area (Å²) in [6, 6.07) is 15.1. The third-order valence-electron chi connectivity index (χ3n) is 4.46. The van der Waals surface area contributed by atoms with E-state index in [1.807, 2.05) is 6.07 Å². The summed E-state index contributed by atoms with van der Waals surface area (Å²) < 4.78 is 19.1. The molecule has 0 bridgehead atoms. The van der Waals surface area contributed by atoms with Gasteiger partial charge in [-0.3, -0.25) is 4.90 Å². The van der Waals surface area contributed by atoms with E-state index in [2.05, 4.69) is 29.2 Å². The van der Waals surface area contributed by atoms with Gasteiger partial charge in [0.15, 0.2) is 0 Å². The Bertz CT molecular complexity index is 654. The normalized spacial score (nSPS) is 16.2. The molecular weight excluding hydrogens is 303 g/mol. The molecule has 1 aliphatic heterocycles. The van der Waals surface area contributed by atoms with Crippen molar-refractivity contribution in [2.75, 3.05) is 19.6 Å². The highest BCUT2D eigenvalue weighted by Crippen LogP contribution is 2.21. The minimum Gasteiger partial charge on any atom is -0.490 e. The standard InChI is InChI=1S/C20H25FN2O/c21-18-5-2-6-20(14-18)24-19-8-11-23(12-9-19)15-17-4-1-3-16(13-17)7-10-22/h1-6,13-14,19H,7-12,15,22H2. The minimum atomic E-state index is -0.248. The van der Waals surface area contributed by atoms with Crippen molar-refractivity contribution in [3.63, 3.8) is 0 Å². The summed E-state index contributed by atoms with van der Waals surface area (Å²) in [4.78, 5) is 2.45. The minimum absolute atomic E-state index is 0.173. The van der Waals surface area contributed by atoms with E-state index in [9.17, 15) is 4.39 Å². The molecule has 2 aromatic carbocycles. The van der Waals surface area contributed by atoms with Crippen LogP contribution in [0.5, 0.6) is 5.75 Å². The zero-order chi connectivity index (χ0) is 16.8. The zero-order valence-corrected chi connectivity index (χ0v) is 14.0. The first kappa shape index (κ1) is 16.9. The lowest BCUT2D eigenvalue weighted by Gasteiger charge is -2.32. The van der Waals surface area contributed by atoms with E-state index >= 15 is 0 Å². The summed E-state index contributed by atoms with van der Waals surface area (Å²) in [7, 11) is 0. The lowest BCUT2D eigenvalue weighted by molar-refractivity contribution is 0.0965. The maximum atomic E-state index is 13.2. The van der Waals surface area contributed by atoms with E-state index < -0.39 is 0 Å². The van der Waals surface area contributed by atoms with E-state index in [0.29, 0.717) is 12.3 Å². The van der Waals surface area contributed by atoms with Gasteiger partial charge in [-0.05, 0) is 49.1 Å². The predicted octanol–water partition coefficient (Wildman–Crippen LogP) is 3.37. The number of nitrogens with zero attached hydrogens (tertiary/aromatic N) is 1. The molecule has 24 heavy (non-hydrogen) atoms. The molecule has 2 N–H and O–H groups in total. The molecule has 2 aromatic rings. The highest BCUT2D eigenvalue weighted by atomic mass is 19.1. The van der Waals surface area contributed by atoms with Gasteiger partial charge in [0.2, 0.25) is 0 Å². The largest absolute Gasteiger partial charge is 0.490 e. The second-order valence-electron chi connectivity index (χ2n) is 6.41. The van der Waals surface area contributed by atoms with Crippen molar-refractivity contribution in [2.24, 2.45) is 5.73 Å². The smallest absolute Gasteiger partial charge is 0.126 e. The Morgan fingerprint density at radius 1 is 1.04 bits per heavy atom. The number of hydrogen-bond acceptors (Lipinski definition) is 3. The molecule has 0 saturated carbocycles. The van der Waals surface area contributed by atoms with Crippen LogP contribution in [0.1, 0.15) is 24.0 Å². The summed E-state index contributed by atoms with van der Waals surface area (Å²) in [5.74, 6) is 0.380. The SMILES string of the molecule is NCCc1cccc(CN2CCC(Oc3cccc(F)c3)CC2)c1. The van der Waals surface area contributed by atoms with Crippen molar-refractivity contribution in [1.82, 2.24) is 4.90 Å². The van der Waals surface area contributed by atoms with Gasteiger partial charge in [-0.2, -0.15) is 0 Å². The van der Waals surface area contributed by atoms with Gasteiger partial charge in [0.1, 0.15) is 17.7 Å². The molecule has 0 radical (unpaired) electrons. The molecule has 128 valence electrons. The molecule has 0 unspecified atom stereocenters. The van der Waals surface area contributed by atoms with Crippen LogP contribution in [0.15, 0.2) is 48.5 Å². The van der Waals surface area contributed by atoms with Crippen LogP contribution in [0, 0.1) is 5.82 Å². The van der Waals surface area contributed by atoms with Gasteiger partial charge < -0.3 is 10.5 Å². The Balaban J connectivity index is 1.49. The molecular formula is C20H25FN2O. The van der Waals surface area contributed by atoms with Crippen LogP contribution in [0.3, 0.4) is 0 Å². The van der Waals surface area contributed by atoms with Gasteiger partial charge in [0.05, 0.1) is 0 Å². The fourth-order valence-electron chi connectivity index (χ4n) is 3.23. The quantitative estimate of drug-likeness (QED) is 0.883. The average Bonchev–Trinajstić information content (AvgIpc) is 2.57. The lowest BCUT2D eigenvalue weighted by atomic mass is 10.0. The summed E-state index contributed by atoms with van der Waals surface area (Å²) in [5.41, 5.74) is 8.28. The lowest BCUT2D eigenvalue weighted by Crippen LogP contribution is -2.37. The number of piperidine rings is 1. The van der Waals surface area contributed by atoms with Crippen LogP contribution in [0.2, 0.25) is 0 Å². The van der Waals surface area contributed by atoms with Gasteiger partial charge in [0, 0.05) is 25.7 Å². The topological polar surface area (TPSA) is 38.5 Å². The first-order valence-electron chi connectivity index (χ1n) is 8.65. The number of hydrogen-bond donors (Lipinski definition) is 1. The average molecular weight is 328 g/mol. The molecule has 1 heterocycles. The molecule has 0 aromatic heterocycles. The first-order valence-corrected chi connectivity index (χ1v) is 8.65. The van der Waals surface area contributed by atoms with Gasteiger partial charge in [-0.25, -0.2) is 4.39 Å². The van der Waals surface area contributed by atoms with Crippen LogP contribution in [-0.4, -0.2) is 30.6 Å². The predicted molar refractivity (Wildman–Crippen MR) is 94.5 cm³/mol. The molecule has 0 spiro atoms. The molecule has 3 rings (SSSR count). The van der Waals surface area contributed by atoms with Crippen molar-refractivity contribution in [2.45, 2.75) is 31.9 Å². The summed E-state index contributed by atoms with van der Waals surface area (Å²) in [6.45, 7) is 3.65. The van der Waals surface area contributed by atoms with Crippen molar-refractivity contribution >= 4 is 0 Å². The van der Waals surface area contributed by atoms with E-state index in [1.54, 1.807) is 6.07 Å². The van der Waals surface area contributed by atoms with E-state index in [4.69, 9.17) is 10.5 Å². The van der Waals surface area contributed by atoms with E-state index in [-0.39, 0.29) is 11.9 Å². The van der Waals surface area contributed by atoms with E-state index in [1.165, 1.54) is 23.3 Å². The highest BCUT2D eigenvalue weighted by Gasteiger charge is 2.20. The fourth-order valence-corrected chi connectivity index (χ4v) is 3.23. The number of nitrogens with two attached hydrogens (primary N) is 1. The van der Waals surface area contributed by atoms with Crippen LogP contribution in [0.25, 0.3) is 0 Å². The molecule has 0 atom stereocenters. The van der Waals surface area contributed by atoms with Gasteiger partial charge in [-0.1, -0.05) is 30.3 Å². The first-order chi connectivity index (χ1) is 11.7. The molecule has 3 nitrogen and oxygen atoms in total. The monoisotopic (exact) mass is 328 g/mol. The van der Waals surface area contributed by atoms with E-state index in [0.717, 1.165) is 38.9 Å². The maximum absolute atomic E-state index is 13.2. The Morgan fingerprint density at radius 3 is 2.54 bits per heavy atom. The second-order valence-corrected chi connectivity index (χ2v) is 6.41. The van der Waals surface area contributed by atoms with Crippen molar-refractivity contribution < 1.29 is 9.13 Å². The fraction of sp³-hybridized carbons (Fsp3) is 0.400. The van der Waals surface area contributed by atoms with Gasteiger partial charge >= 0.3 is 0 Å². The van der Waals surface area contributed by atoms with Gasteiger partial charge in [0.25, 0.3) is 0 Å². The number of ether oxygens (including phenoxy) is 1. The highest BCUT2D eigenvalue weighted by molar-refractivity contribution is 5.24. The van der Waals surface area contributed by atoms with Crippen LogP contribution in [0.4, 0.5) is 4.39 Å². The third-order valence-corrected chi connectivity index (χ3v) is 4.46. The molecule has 1 saturated heterocycles. The summed E-state index contributed by atoms with van der Waals surface area (Å²) in [6.07, 6.45) is 3.04. The molecule has 0 amide bonds. The molecule has 0 aliphatic carbocycles. The molecule has 1 aliphatic rings. The Kier molecular flexibility index (Phi) is 5.83. The number of halogens is 1. The van der Waals surface area contributed by atoms with Crippen molar-refractivity contribution in [1.29, 1.82) is 0 Å². The Hall–Kier alpha value is -1.91.